The monoisotopic (exact) mass is 264 g/mol. The fourth-order valence-corrected chi connectivity index (χ4v) is 2.46. The van der Waals surface area contributed by atoms with Crippen molar-refractivity contribution in [1.82, 2.24) is 0 Å². The first-order valence-electron chi connectivity index (χ1n) is 6.13. The van der Waals surface area contributed by atoms with Gasteiger partial charge in [-0.2, -0.15) is 0 Å². The minimum Gasteiger partial charge on any atom is -0.418 e. The molecule has 0 aliphatic rings. The van der Waals surface area contributed by atoms with Crippen molar-refractivity contribution in [2.24, 2.45) is 0 Å². The van der Waals surface area contributed by atoms with Gasteiger partial charge in [0.1, 0.15) is 0 Å². The topological polar surface area (TPSA) is 60.4 Å². The van der Waals surface area contributed by atoms with Crippen LogP contribution in [0.4, 0.5) is 0 Å². The minimum absolute atomic E-state index is 0.309. The second-order valence-corrected chi connectivity index (χ2v) is 4.53. The first kappa shape index (κ1) is 11.0. The van der Waals surface area contributed by atoms with E-state index in [1.54, 1.807) is 48.5 Å². The summed E-state index contributed by atoms with van der Waals surface area (Å²) in [7, 11) is 0. The highest BCUT2D eigenvalue weighted by Crippen LogP contribution is 2.26. The molecule has 20 heavy (non-hydrogen) atoms. The summed E-state index contributed by atoms with van der Waals surface area (Å²) in [6.07, 6.45) is 0. The SMILES string of the molecule is O=c1oc2c3ccccc3c(=O)oc2c2ccccc12. The van der Waals surface area contributed by atoms with E-state index >= 15 is 0 Å². The lowest BCUT2D eigenvalue weighted by molar-refractivity contribution is 0.531. The van der Waals surface area contributed by atoms with Gasteiger partial charge < -0.3 is 8.83 Å². The highest BCUT2D eigenvalue weighted by Gasteiger charge is 2.14. The smallest absolute Gasteiger partial charge is 0.344 e. The number of fused-ring (bicyclic) bond motifs is 5. The highest BCUT2D eigenvalue weighted by atomic mass is 16.4. The van der Waals surface area contributed by atoms with Gasteiger partial charge in [-0.25, -0.2) is 9.59 Å². The van der Waals surface area contributed by atoms with Crippen molar-refractivity contribution in [2.75, 3.05) is 0 Å². The Kier molecular flexibility index (Phi) is 2.09. The molecule has 2 heterocycles. The molecule has 4 aromatic rings. The third kappa shape index (κ3) is 1.36. The number of benzene rings is 2. The molecule has 2 aromatic heterocycles. The number of hydrogen-bond acceptors (Lipinski definition) is 4. The van der Waals surface area contributed by atoms with Crippen molar-refractivity contribution in [3.8, 4) is 0 Å². The Morgan fingerprint density at radius 2 is 0.900 bits per heavy atom. The first-order chi connectivity index (χ1) is 9.75. The Morgan fingerprint density at radius 1 is 0.550 bits per heavy atom. The van der Waals surface area contributed by atoms with E-state index in [-0.39, 0.29) is 0 Å². The molecule has 0 bridgehead atoms. The second-order valence-electron chi connectivity index (χ2n) is 4.53. The van der Waals surface area contributed by atoms with Gasteiger partial charge in [0.05, 0.1) is 10.8 Å². The summed E-state index contributed by atoms with van der Waals surface area (Å²) in [4.78, 5) is 24.1. The van der Waals surface area contributed by atoms with Crippen LogP contribution in [0.3, 0.4) is 0 Å². The fourth-order valence-electron chi connectivity index (χ4n) is 2.46. The Bertz CT molecular complexity index is 997. The van der Waals surface area contributed by atoms with E-state index < -0.39 is 11.3 Å². The van der Waals surface area contributed by atoms with E-state index in [2.05, 4.69) is 0 Å². The van der Waals surface area contributed by atoms with Crippen LogP contribution in [-0.4, -0.2) is 0 Å². The predicted octanol–water partition coefficient (Wildman–Crippen LogP) is 3.05. The maximum Gasteiger partial charge on any atom is 0.344 e. The summed E-state index contributed by atoms with van der Waals surface area (Å²) < 4.78 is 10.7. The van der Waals surface area contributed by atoms with Crippen LogP contribution in [0.2, 0.25) is 0 Å². The van der Waals surface area contributed by atoms with E-state index in [0.717, 1.165) is 0 Å². The third-order valence-electron chi connectivity index (χ3n) is 3.38. The van der Waals surface area contributed by atoms with Gasteiger partial charge in [-0.1, -0.05) is 36.4 Å². The van der Waals surface area contributed by atoms with Crippen molar-refractivity contribution in [1.29, 1.82) is 0 Å². The van der Waals surface area contributed by atoms with E-state index in [0.29, 0.717) is 32.7 Å². The molecular weight excluding hydrogens is 256 g/mol. The molecule has 0 unspecified atom stereocenters. The van der Waals surface area contributed by atoms with Crippen LogP contribution in [0.15, 0.2) is 67.0 Å². The van der Waals surface area contributed by atoms with Gasteiger partial charge in [0, 0.05) is 10.8 Å². The molecule has 4 rings (SSSR count). The average Bonchev–Trinajstić information content (AvgIpc) is 2.49. The maximum absolute atomic E-state index is 12.0. The Labute approximate surface area is 111 Å². The highest BCUT2D eigenvalue weighted by molar-refractivity contribution is 6.09. The summed E-state index contributed by atoms with van der Waals surface area (Å²) >= 11 is 0. The fraction of sp³-hybridized carbons (Fsp3) is 0. The summed E-state index contributed by atoms with van der Waals surface area (Å²) in [5.41, 5.74) is -0.257. The summed E-state index contributed by atoms with van der Waals surface area (Å²) in [5, 5.41) is 1.97. The van der Waals surface area contributed by atoms with Crippen LogP contribution >= 0.6 is 0 Å². The standard InChI is InChI=1S/C16H8O4/c17-15-11-7-3-1-5-9(11)13-14(20-15)10-6-2-4-8-12(10)16(18)19-13/h1-8H. The van der Waals surface area contributed by atoms with Crippen LogP contribution in [0.5, 0.6) is 0 Å². The Hall–Kier alpha value is -2.88. The number of rotatable bonds is 0. The molecule has 0 N–H and O–H groups in total. The zero-order chi connectivity index (χ0) is 13.7. The van der Waals surface area contributed by atoms with Crippen LogP contribution < -0.4 is 11.3 Å². The van der Waals surface area contributed by atoms with Crippen LogP contribution in [0.1, 0.15) is 0 Å². The minimum atomic E-state index is -0.438. The lowest BCUT2D eigenvalue weighted by Gasteiger charge is -2.03. The molecule has 0 aliphatic heterocycles. The van der Waals surface area contributed by atoms with E-state index in [1.807, 2.05) is 0 Å². The average molecular weight is 264 g/mol. The molecule has 0 radical (unpaired) electrons. The molecule has 0 aliphatic carbocycles. The van der Waals surface area contributed by atoms with Gasteiger partial charge in [0.25, 0.3) is 0 Å². The van der Waals surface area contributed by atoms with Crippen molar-refractivity contribution in [2.45, 2.75) is 0 Å². The molecule has 96 valence electrons. The zero-order valence-corrected chi connectivity index (χ0v) is 10.3. The van der Waals surface area contributed by atoms with Crippen molar-refractivity contribution in [3.63, 3.8) is 0 Å². The molecule has 0 spiro atoms. The molecule has 0 atom stereocenters. The quantitative estimate of drug-likeness (QED) is 0.458. The summed E-state index contributed by atoms with van der Waals surface area (Å²) in [6.45, 7) is 0. The largest absolute Gasteiger partial charge is 0.418 e. The molecule has 4 heteroatoms. The van der Waals surface area contributed by atoms with E-state index in [9.17, 15) is 9.59 Å². The van der Waals surface area contributed by atoms with Crippen LogP contribution in [0.25, 0.3) is 32.7 Å². The Balaban J connectivity index is 2.43. The summed E-state index contributed by atoms with van der Waals surface area (Å²) in [6, 6.07) is 13.8. The van der Waals surface area contributed by atoms with E-state index in [1.165, 1.54) is 0 Å². The van der Waals surface area contributed by atoms with E-state index in [4.69, 9.17) is 8.83 Å². The maximum atomic E-state index is 12.0. The molecule has 0 fully saturated rings. The van der Waals surface area contributed by atoms with Crippen molar-refractivity contribution >= 4 is 32.7 Å². The second kappa shape index (κ2) is 3.81. The van der Waals surface area contributed by atoms with Gasteiger partial charge in [-0.15, -0.1) is 0 Å². The Morgan fingerprint density at radius 3 is 1.30 bits per heavy atom. The van der Waals surface area contributed by atoms with Gasteiger partial charge in [-0.3, -0.25) is 0 Å². The van der Waals surface area contributed by atoms with Crippen molar-refractivity contribution in [3.05, 3.63) is 69.4 Å². The zero-order valence-electron chi connectivity index (χ0n) is 10.3. The molecule has 2 aromatic carbocycles. The van der Waals surface area contributed by atoms with Gasteiger partial charge in [0.2, 0.25) is 0 Å². The molecule has 0 amide bonds. The van der Waals surface area contributed by atoms with Gasteiger partial charge in [0.15, 0.2) is 11.2 Å². The molecular formula is C16H8O4. The van der Waals surface area contributed by atoms with Gasteiger partial charge >= 0.3 is 11.3 Å². The van der Waals surface area contributed by atoms with Crippen LogP contribution in [-0.2, 0) is 0 Å². The normalized spacial score (nSPS) is 11.4. The molecule has 0 saturated heterocycles. The van der Waals surface area contributed by atoms with Gasteiger partial charge in [-0.05, 0) is 12.1 Å². The van der Waals surface area contributed by atoms with Crippen LogP contribution in [0, 0.1) is 0 Å². The lowest BCUT2D eigenvalue weighted by atomic mass is 10.1. The third-order valence-corrected chi connectivity index (χ3v) is 3.38. The first-order valence-corrected chi connectivity index (χ1v) is 6.13. The lowest BCUT2D eigenvalue weighted by Crippen LogP contribution is -2.04. The molecule has 4 nitrogen and oxygen atoms in total. The summed E-state index contributed by atoms with van der Waals surface area (Å²) in [5.74, 6) is 0. The molecule has 0 saturated carbocycles. The van der Waals surface area contributed by atoms with Crippen molar-refractivity contribution < 1.29 is 8.83 Å². The number of hydrogen-bond donors (Lipinski definition) is 0. The predicted molar refractivity (Wildman–Crippen MR) is 76.0 cm³/mol.